The zero-order valence-corrected chi connectivity index (χ0v) is 14.7. The van der Waals surface area contributed by atoms with Gasteiger partial charge in [0, 0.05) is 11.8 Å². The zero-order chi connectivity index (χ0) is 18.3. The van der Waals surface area contributed by atoms with Crippen LogP contribution in [0.5, 0.6) is 23.0 Å². The smallest absolute Gasteiger partial charge is 0.160 e. The lowest BCUT2D eigenvalue weighted by molar-refractivity contribution is 0.0191. The summed E-state index contributed by atoms with van der Waals surface area (Å²) in [7, 11) is 3.05. The summed E-state index contributed by atoms with van der Waals surface area (Å²) >= 11 is 0. The Bertz CT molecular complexity index is 737. The van der Waals surface area contributed by atoms with Crippen LogP contribution < -0.4 is 9.47 Å². The number of rotatable bonds is 4. The maximum absolute atomic E-state index is 10.1. The van der Waals surface area contributed by atoms with E-state index in [1.165, 1.54) is 14.2 Å². The van der Waals surface area contributed by atoms with Crippen LogP contribution in [0, 0.1) is 11.8 Å². The number of hydrogen-bond acceptors (Lipinski definition) is 6. The molecule has 0 unspecified atom stereocenters. The molecule has 2 aliphatic rings. The highest BCUT2D eigenvalue weighted by Gasteiger charge is 2.48. The van der Waals surface area contributed by atoms with Gasteiger partial charge in [-0.15, -0.1) is 0 Å². The quantitative estimate of drug-likeness (QED) is 0.874. The summed E-state index contributed by atoms with van der Waals surface area (Å²) in [4.78, 5) is 0. The average molecular weight is 358 g/mol. The van der Waals surface area contributed by atoms with Crippen LogP contribution in [0.15, 0.2) is 36.4 Å². The lowest BCUT2D eigenvalue weighted by Crippen LogP contribution is -2.14. The van der Waals surface area contributed by atoms with Gasteiger partial charge >= 0.3 is 0 Å². The van der Waals surface area contributed by atoms with Gasteiger partial charge in [0.05, 0.1) is 39.6 Å². The molecule has 0 aliphatic carbocycles. The number of benzene rings is 2. The van der Waals surface area contributed by atoms with Gasteiger partial charge in [-0.1, -0.05) is 12.1 Å². The minimum absolute atomic E-state index is 0.104. The highest BCUT2D eigenvalue weighted by Crippen LogP contribution is 2.51. The summed E-state index contributed by atoms with van der Waals surface area (Å²) < 4.78 is 22.3. The first kappa shape index (κ1) is 17.0. The van der Waals surface area contributed by atoms with Crippen LogP contribution in [0.1, 0.15) is 23.3 Å². The van der Waals surface area contributed by atoms with E-state index < -0.39 is 0 Å². The van der Waals surface area contributed by atoms with Crippen LogP contribution in [0.25, 0.3) is 0 Å². The minimum Gasteiger partial charge on any atom is -0.504 e. The van der Waals surface area contributed by atoms with Crippen LogP contribution in [-0.4, -0.2) is 37.6 Å². The molecule has 2 aromatic carbocycles. The Morgan fingerprint density at radius 3 is 1.54 bits per heavy atom. The Kier molecular flexibility index (Phi) is 4.38. The van der Waals surface area contributed by atoms with Gasteiger partial charge < -0.3 is 29.2 Å². The largest absolute Gasteiger partial charge is 0.504 e. The molecule has 0 radical (unpaired) electrons. The summed E-state index contributed by atoms with van der Waals surface area (Å²) in [5, 5.41) is 20.1. The van der Waals surface area contributed by atoms with Crippen molar-refractivity contribution in [3.05, 3.63) is 47.5 Å². The first-order valence-electron chi connectivity index (χ1n) is 8.59. The SMILES string of the molecule is COc1ccc([C@@H]2OC[C@@H]3[C@H]2CO[C@H]3c2ccc(OC)c(O)c2)cc1O. The van der Waals surface area contributed by atoms with Crippen molar-refractivity contribution in [1.29, 1.82) is 0 Å². The molecule has 6 heteroatoms. The predicted octanol–water partition coefficient (Wildman–Crippen LogP) is 3.19. The fraction of sp³-hybridized carbons (Fsp3) is 0.400. The highest BCUT2D eigenvalue weighted by molar-refractivity contribution is 5.44. The fourth-order valence-electron chi connectivity index (χ4n) is 4.00. The summed E-state index contributed by atoms with van der Waals surface area (Å²) in [6, 6.07) is 10.7. The molecule has 138 valence electrons. The van der Waals surface area contributed by atoms with Crippen molar-refractivity contribution < 1.29 is 29.2 Å². The zero-order valence-electron chi connectivity index (χ0n) is 14.7. The molecule has 4 rings (SSSR count). The second-order valence-electron chi connectivity index (χ2n) is 6.70. The fourth-order valence-corrected chi connectivity index (χ4v) is 4.00. The molecule has 0 spiro atoms. The Labute approximate surface area is 151 Å². The van der Waals surface area contributed by atoms with Gasteiger partial charge in [-0.25, -0.2) is 0 Å². The van der Waals surface area contributed by atoms with Gasteiger partial charge in [0.2, 0.25) is 0 Å². The van der Waals surface area contributed by atoms with Crippen LogP contribution in [0.4, 0.5) is 0 Å². The molecule has 26 heavy (non-hydrogen) atoms. The molecule has 6 nitrogen and oxygen atoms in total. The van der Waals surface area contributed by atoms with Crippen molar-refractivity contribution >= 4 is 0 Å². The number of hydrogen-bond donors (Lipinski definition) is 2. The molecule has 2 saturated heterocycles. The van der Waals surface area contributed by atoms with E-state index in [0.29, 0.717) is 24.7 Å². The number of methoxy groups -OCH3 is 2. The summed E-state index contributed by atoms with van der Waals surface area (Å²) in [5.41, 5.74) is 1.83. The normalized spacial score (nSPS) is 27.3. The number of fused-ring (bicyclic) bond motifs is 1. The Balaban J connectivity index is 1.56. The highest BCUT2D eigenvalue weighted by atomic mass is 16.5. The molecule has 2 aliphatic heterocycles. The van der Waals surface area contributed by atoms with Crippen molar-refractivity contribution in [1.82, 2.24) is 0 Å². The first-order chi connectivity index (χ1) is 12.6. The van der Waals surface area contributed by atoms with Gasteiger partial charge in [-0.3, -0.25) is 0 Å². The molecule has 0 bridgehead atoms. The van der Waals surface area contributed by atoms with Gasteiger partial charge in [-0.05, 0) is 35.4 Å². The van der Waals surface area contributed by atoms with Crippen LogP contribution in [0.3, 0.4) is 0 Å². The summed E-state index contributed by atoms with van der Waals surface area (Å²) in [5.74, 6) is 1.48. The van der Waals surface area contributed by atoms with E-state index in [2.05, 4.69) is 0 Å². The van der Waals surface area contributed by atoms with E-state index in [9.17, 15) is 10.2 Å². The number of phenols is 2. The molecule has 2 N–H and O–H groups in total. The van der Waals surface area contributed by atoms with Crippen molar-refractivity contribution in [2.45, 2.75) is 12.2 Å². The lowest BCUT2D eigenvalue weighted by atomic mass is 9.85. The van der Waals surface area contributed by atoms with Crippen molar-refractivity contribution in [3.63, 3.8) is 0 Å². The molecular weight excluding hydrogens is 336 g/mol. The van der Waals surface area contributed by atoms with Gasteiger partial charge in [0.1, 0.15) is 0 Å². The molecule has 2 fully saturated rings. The molecule has 0 saturated carbocycles. The van der Waals surface area contributed by atoms with Crippen molar-refractivity contribution in [2.24, 2.45) is 11.8 Å². The second kappa shape index (κ2) is 6.70. The van der Waals surface area contributed by atoms with Crippen molar-refractivity contribution in [3.8, 4) is 23.0 Å². The summed E-state index contributed by atoms with van der Waals surface area (Å²) in [6.45, 7) is 1.14. The van der Waals surface area contributed by atoms with E-state index in [1.807, 2.05) is 12.1 Å². The molecule has 2 aromatic rings. The third-order valence-electron chi connectivity index (χ3n) is 5.33. The number of ether oxygens (including phenoxy) is 4. The monoisotopic (exact) mass is 358 g/mol. The number of aromatic hydroxyl groups is 2. The Morgan fingerprint density at radius 2 is 1.19 bits per heavy atom. The third-order valence-corrected chi connectivity index (χ3v) is 5.33. The Morgan fingerprint density at radius 1 is 0.769 bits per heavy atom. The lowest BCUT2D eigenvalue weighted by Gasteiger charge is -2.18. The van der Waals surface area contributed by atoms with E-state index in [4.69, 9.17) is 18.9 Å². The molecule has 0 aromatic heterocycles. The van der Waals surface area contributed by atoms with Crippen LogP contribution in [-0.2, 0) is 9.47 Å². The van der Waals surface area contributed by atoms with Gasteiger partial charge in [-0.2, -0.15) is 0 Å². The maximum Gasteiger partial charge on any atom is 0.160 e. The van der Waals surface area contributed by atoms with E-state index in [0.717, 1.165) is 11.1 Å². The van der Waals surface area contributed by atoms with Crippen LogP contribution >= 0.6 is 0 Å². The van der Waals surface area contributed by atoms with E-state index in [1.54, 1.807) is 24.3 Å². The third kappa shape index (κ3) is 2.75. The van der Waals surface area contributed by atoms with E-state index in [-0.39, 0.29) is 35.5 Å². The van der Waals surface area contributed by atoms with Gasteiger partial charge in [0.25, 0.3) is 0 Å². The Hall–Kier alpha value is -2.44. The van der Waals surface area contributed by atoms with E-state index >= 15 is 0 Å². The second-order valence-corrected chi connectivity index (χ2v) is 6.70. The maximum atomic E-state index is 10.1. The molecule has 4 atom stereocenters. The molecular formula is C20H22O6. The topological polar surface area (TPSA) is 77.4 Å². The summed E-state index contributed by atoms with van der Waals surface area (Å²) in [6.07, 6.45) is -0.262. The van der Waals surface area contributed by atoms with Crippen LogP contribution in [0.2, 0.25) is 0 Å². The average Bonchev–Trinajstić information content (AvgIpc) is 3.23. The van der Waals surface area contributed by atoms with Crippen molar-refractivity contribution in [2.75, 3.05) is 27.4 Å². The van der Waals surface area contributed by atoms with Gasteiger partial charge in [0.15, 0.2) is 23.0 Å². The standard InChI is InChI=1S/C20H22O6/c1-23-17-5-3-11(7-15(17)21)19-13-9-26-20(14(13)10-25-19)12-4-6-18(24-2)16(22)8-12/h3-8,13-14,19-22H,9-10H2,1-2H3/t13-,14-,19+,20+/m1/s1. The predicted molar refractivity (Wildman–Crippen MR) is 93.7 cm³/mol. The molecule has 2 heterocycles. The minimum atomic E-state index is -0.131. The molecule has 0 amide bonds. The first-order valence-corrected chi connectivity index (χ1v) is 8.59. The number of phenolic OH excluding ortho intramolecular Hbond substituents is 2.